The van der Waals surface area contributed by atoms with Gasteiger partial charge in [0.05, 0.1) is 18.9 Å². The van der Waals surface area contributed by atoms with Crippen molar-refractivity contribution in [2.75, 3.05) is 13.8 Å². The van der Waals surface area contributed by atoms with Crippen LogP contribution in [-0.4, -0.2) is 29.8 Å². The maximum Gasteiger partial charge on any atom is 0.341 e. The van der Waals surface area contributed by atoms with Gasteiger partial charge in [0.25, 0.3) is 0 Å². The predicted octanol–water partition coefficient (Wildman–Crippen LogP) is 1.53. The first-order valence-corrected chi connectivity index (χ1v) is 6.17. The van der Waals surface area contributed by atoms with Gasteiger partial charge in [0, 0.05) is 24.5 Å². The zero-order chi connectivity index (χ0) is 15.1. The van der Waals surface area contributed by atoms with E-state index in [1.54, 1.807) is 18.3 Å². The zero-order valence-electron chi connectivity index (χ0n) is 11.4. The van der Waals surface area contributed by atoms with E-state index >= 15 is 0 Å². The van der Waals surface area contributed by atoms with Crippen LogP contribution in [0.5, 0.6) is 5.88 Å². The van der Waals surface area contributed by atoms with Crippen LogP contribution in [0, 0.1) is 5.82 Å². The Hall–Kier alpha value is -2.54. The zero-order valence-corrected chi connectivity index (χ0v) is 11.4. The van der Waals surface area contributed by atoms with Gasteiger partial charge in [0.2, 0.25) is 5.88 Å². The summed E-state index contributed by atoms with van der Waals surface area (Å²) in [6.07, 6.45) is 4.06. The number of nitrogens with one attached hydrogen (secondary N) is 1. The third kappa shape index (κ3) is 4.22. The van der Waals surface area contributed by atoms with E-state index in [0.29, 0.717) is 17.0 Å². The van der Waals surface area contributed by atoms with Crippen LogP contribution in [0.25, 0.3) is 0 Å². The minimum absolute atomic E-state index is 0.0204. The van der Waals surface area contributed by atoms with Gasteiger partial charge in [-0.3, -0.25) is 10.3 Å². The Kier molecular flexibility index (Phi) is 5.16. The van der Waals surface area contributed by atoms with Crippen LogP contribution in [-0.2, 0) is 11.3 Å². The molecule has 0 fully saturated rings. The lowest BCUT2D eigenvalue weighted by Crippen LogP contribution is -2.21. The Morgan fingerprint density at radius 1 is 1.43 bits per heavy atom. The molecule has 2 heterocycles. The summed E-state index contributed by atoms with van der Waals surface area (Å²) in [5.41, 5.74) is 0.902. The summed E-state index contributed by atoms with van der Waals surface area (Å²) in [6.45, 7) is 0.238. The lowest BCUT2D eigenvalue weighted by atomic mass is 10.2. The third-order valence-electron chi connectivity index (χ3n) is 2.60. The van der Waals surface area contributed by atoms with Gasteiger partial charge >= 0.3 is 5.97 Å². The average molecular weight is 291 g/mol. The molecule has 0 bridgehead atoms. The quantitative estimate of drug-likeness (QED) is 0.494. The molecule has 0 amide bonds. The minimum atomic E-state index is -0.486. The summed E-state index contributed by atoms with van der Waals surface area (Å²) < 4.78 is 23.1. The maximum atomic E-state index is 13.1. The second-order valence-electron chi connectivity index (χ2n) is 4.07. The van der Waals surface area contributed by atoms with Gasteiger partial charge in [0.1, 0.15) is 12.5 Å². The highest BCUT2D eigenvalue weighted by atomic mass is 19.1. The molecule has 0 spiro atoms. The number of esters is 1. The summed E-state index contributed by atoms with van der Waals surface area (Å²) in [7, 11) is 1.45. The third-order valence-corrected chi connectivity index (χ3v) is 2.60. The Morgan fingerprint density at radius 2 is 2.29 bits per heavy atom. The van der Waals surface area contributed by atoms with E-state index in [2.05, 4.69) is 15.3 Å². The first kappa shape index (κ1) is 14.9. The molecule has 0 aromatic carbocycles. The van der Waals surface area contributed by atoms with Crippen molar-refractivity contribution in [3.8, 4) is 5.88 Å². The molecule has 1 N–H and O–H groups in total. The number of halogens is 1. The molecule has 0 aliphatic heterocycles. The van der Waals surface area contributed by atoms with Gasteiger partial charge in [-0.2, -0.15) is 0 Å². The van der Waals surface area contributed by atoms with Crippen LogP contribution in [0.3, 0.4) is 0 Å². The first-order valence-electron chi connectivity index (χ1n) is 6.17. The summed E-state index contributed by atoms with van der Waals surface area (Å²) in [6, 6.07) is 4.56. The molecule has 0 unspecified atom stereocenters. The molecule has 6 nitrogen and oxygen atoms in total. The normalized spacial score (nSPS) is 10.2. The molecule has 7 heteroatoms. The van der Waals surface area contributed by atoms with Crippen LogP contribution in [0.1, 0.15) is 15.9 Å². The number of carbonyl (C=O) groups is 1. The highest BCUT2D eigenvalue weighted by molar-refractivity contribution is 5.88. The monoisotopic (exact) mass is 291 g/mol. The van der Waals surface area contributed by atoms with Crippen LogP contribution < -0.4 is 10.1 Å². The number of pyridine rings is 2. The van der Waals surface area contributed by atoms with Crippen LogP contribution in [0.4, 0.5) is 4.39 Å². The number of rotatable bonds is 6. The number of carbonyl (C=O) groups excluding carboxylic acids is 1. The fourth-order valence-corrected chi connectivity index (χ4v) is 1.65. The van der Waals surface area contributed by atoms with E-state index in [-0.39, 0.29) is 13.3 Å². The molecule has 0 aliphatic carbocycles. The van der Waals surface area contributed by atoms with Crippen LogP contribution in [0.2, 0.25) is 0 Å². The molecule has 110 valence electrons. The Labute approximate surface area is 120 Å². The number of hydrogen-bond acceptors (Lipinski definition) is 6. The summed E-state index contributed by atoms with van der Waals surface area (Å²) >= 11 is 0. The van der Waals surface area contributed by atoms with Crippen molar-refractivity contribution in [2.45, 2.75) is 6.54 Å². The molecule has 0 aliphatic rings. The summed E-state index contributed by atoms with van der Waals surface area (Å²) in [4.78, 5) is 19.3. The van der Waals surface area contributed by atoms with Crippen molar-refractivity contribution >= 4 is 5.97 Å². The van der Waals surface area contributed by atoms with E-state index in [0.717, 1.165) is 6.20 Å². The van der Waals surface area contributed by atoms with Gasteiger partial charge in [-0.05, 0) is 18.2 Å². The van der Waals surface area contributed by atoms with Gasteiger partial charge in [0.15, 0.2) is 0 Å². The molecule has 0 radical (unpaired) electrons. The van der Waals surface area contributed by atoms with Crippen LogP contribution >= 0.6 is 0 Å². The minimum Gasteiger partial charge on any atom is -0.481 e. The lowest BCUT2D eigenvalue weighted by molar-refractivity contribution is 0.0469. The number of nitrogens with zero attached hydrogens (tertiary/aromatic N) is 2. The summed E-state index contributed by atoms with van der Waals surface area (Å²) in [5.74, 6) is -0.623. The average Bonchev–Trinajstić information content (AvgIpc) is 2.52. The van der Waals surface area contributed by atoms with Gasteiger partial charge < -0.3 is 9.47 Å². The smallest absolute Gasteiger partial charge is 0.341 e. The number of aromatic nitrogens is 2. The highest BCUT2D eigenvalue weighted by Crippen LogP contribution is 2.15. The van der Waals surface area contributed by atoms with E-state index in [1.165, 1.54) is 19.4 Å². The van der Waals surface area contributed by atoms with Gasteiger partial charge in [-0.1, -0.05) is 0 Å². The molecular weight excluding hydrogens is 277 g/mol. The molecule has 2 rings (SSSR count). The van der Waals surface area contributed by atoms with Crippen LogP contribution in [0.15, 0.2) is 36.8 Å². The van der Waals surface area contributed by atoms with E-state index in [9.17, 15) is 9.18 Å². The predicted molar refractivity (Wildman–Crippen MR) is 72.1 cm³/mol. The Morgan fingerprint density at radius 3 is 3.00 bits per heavy atom. The number of methoxy groups -OCH3 is 1. The second-order valence-corrected chi connectivity index (χ2v) is 4.07. The molecule has 0 saturated heterocycles. The molecule has 0 saturated carbocycles. The highest BCUT2D eigenvalue weighted by Gasteiger charge is 2.08. The number of ether oxygens (including phenoxy) is 2. The summed E-state index contributed by atoms with van der Waals surface area (Å²) in [5, 5.41) is 2.85. The topological polar surface area (TPSA) is 73.3 Å². The van der Waals surface area contributed by atoms with Gasteiger partial charge in [-0.15, -0.1) is 0 Å². The van der Waals surface area contributed by atoms with E-state index in [4.69, 9.17) is 9.47 Å². The van der Waals surface area contributed by atoms with Gasteiger partial charge in [-0.25, -0.2) is 14.2 Å². The SMILES string of the molecule is COc1ncc(F)cc1CNCOC(=O)c1cccnc1. The molecule has 2 aromatic heterocycles. The van der Waals surface area contributed by atoms with Crippen molar-refractivity contribution in [2.24, 2.45) is 0 Å². The molecular formula is C14H14FN3O3. The fraction of sp³-hybridized carbons (Fsp3) is 0.214. The second kappa shape index (κ2) is 7.30. The van der Waals surface area contributed by atoms with Crippen molar-refractivity contribution in [3.05, 3.63) is 53.7 Å². The lowest BCUT2D eigenvalue weighted by Gasteiger charge is -2.09. The number of hydrogen-bond donors (Lipinski definition) is 1. The fourth-order valence-electron chi connectivity index (χ4n) is 1.65. The first-order chi connectivity index (χ1) is 10.2. The van der Waals surface area contributed by atoms with E-state index < -0.39 is 11.8 Å². The molecule has 21 heavy (non-hydrogen) atoms. The van der Waals surface area contributed by atoms with Crippen molar-refractivity contribution < 1.29 is 18.7 Å². The van der Waals surface area contributed by atoms with E-state index in [1.807, 2.05) is 0 Å². The Balaban J connectivity index is 1.82. The standard InChI is InChI=1S/C14H14FN3O3/c1-20-13-11(5-12(15)8-18-13)7-17-9-21-14(19)10-3-2-4-16-6-10/h2-6,8,17H,7,9H2,1H3. The van der Waals surface area contributed by atoms with Crippen molar-refractivity contribution in [3.63, 3.8) is 0 Å². The molecule has 0 atom stereocenters. The molecule has 2 aromatic rings. The largest absolute Gasteiger partial charge is 0.481 e. The Bertz CT molecular complexity index is 608. The van der Waals surface area contributed by atoms with Crippen molar-refractivity contribution in [1.82, 2.24) is 15.3 Å². The maximum absolute atomic E-state index is 13.1. The van der Waals surface area contributed by atoms with Crippen molar-refractivity contribution in [1.29, 1.82) is 0 Å².